The molecule has 11 heavy (non-hydrogen) atoms. The zero-order valence-corrected chi connectivity index (χ0v) is 7.79. The molecular formula is C6H14N2O2Si. The normalized spacial score (nSPS) is 26.9. The zero-order chi connectivity index (χ0) is 8.27. The fourth-order valence-corrected chi connectivity index (χ4v) is 2.21. The Morgan fingerprint density at radius 1 is 1.82 bits per heavy atom. The standard InChI is InChI=1S/C6H14N2O2Si/c1-7-11(10)6(9)5-3-2-4-8-5/h5,7-8,10-11H,2-4H2,1H3/t5-,11?/m0/s1. The largest absolute Gasteiger partial charge is 0.417 e. The molecule has 3 N–H and O–H groups in total. The van der Waals surface area contributed by atoms with Gasteiger partial charge < -0.3 is 15.1 Å². The third-order valence-electron chi connectivity index (χ3n) is 1.95. The van der Waals surface area contributed by atoms with Crippen LogP contribution in [0.1, 0.15) is 12.8 Å². The highest BCUT2D eigenvalue weighted by molar-refractivity contribution is 6.83. The lowest BCUT2D eigenvalue weighted by Crippen LogP contribution is -2.48. The first-order chi connectivity index (χ1) is 5.25. The minimum absolute atomic E-state index is 0.00926. The number of carbonyl (C=O) groups is 1. The summed E-state index contributed by atoms with van der Waals surface area (Å²) in [6.45, 7) is 0.904. The summed E-state index contributed by atoms with van der Waals surface area (Å²) in [4.78, 5) is 23.1. The van der Waals surface area contributed by atoms with E-state index in [9.17, 15) is 9.59 Å². The van der Waals surface area contributed by atoms with E-state index in [0.717, 1.165) is 19.4 Å². The van der Waals surface area contributed by atoms with Crippen LogP contribution in [0.3, 0.4) is 0 Å². The maximum atomic E-state index is 11.3. The van der Waals surface area contributed by atoms with Crippen molar-refractivity contribution < 1.29 is 9.59 Å². The Morgan fingerprint density at radius 2 is 2.55 bits per heavy atom. The van der Waals surface area contributed by atoms with Gasteiger partial charge in [0.15, 0.2) is 5.41 Å². The topological polar surface area (TPSA) is 61.4 Å². The lowest BCUT2D eigenvalue weighted by Gasteiger charge is -2.11. The summed E-state index contributed by atoms with van der Waals surface area (Å²) in [6.07, 6.45) is 1.92. The van der Waals surface area contributed by atoms with Gasteiger partial charge >= 0.3 is 9.20 Å². The summed E-state index contributed by atoms with van der Waals surface area (Å²) in [5.74, 6) is 0. The van der Waals surface area contributed by atoms with Crippen LogP contribution in [0.15, 0.2) is 0 Å². The third-order valence-corrected chi connectivity index (χ3v) is 3.43. The van der Waals surface area contributed by atoms with Gasteiger partial charge in [0.1, 0.15) is 0 Å². The minimum atomic E-state index is -2.28. The molecule has 64 valence electrons. The van der Waals surface area contributed by atoms with Gasteiger partial charge in [0, 0.05) is 0 Å². The van der Waals surface area contributed by atoms with Crippen molar-refractivity contribution in [1.82, 2.24) is 10.3 Å². The minimum Gasteiger partial charge on any atom is -0.417 e. The Kier molecular flexibility index (Phi) is 3.19. The van der Waals surface area contributed by atoms with Crippen LogP contribution in [0.2, 0.25) is 0 Å². The van der Waals surface area contributed by atoms with Gasteiger partial charge in [0.05, 0.1) is 6.04 Å². The van der Waals surface area contributed by atoms with Crippen molar-refractivity contribution in [1.29, 1.82) is 0 Å². The first kappa shape index (κ1) is 8.86. The Hall–Kier alpha value is -0.233. The predicted octanol–water partition coefficient (Wildman–Crippen LogP) is -1.72. The first-order valence-corrected chi connectivity index (χ1v) is 5.55. The summed E-state index contributed by atoms with van der Waals surface area (Å²) in [6, 6.07) is -0.0795. The van der Waals surface area contributed by atoms with E-state index in [-0.39, 0.29) is 11.4 Å². The lowest BCUT2D eigenvalue weighted by atomic mass is 10.2. The molecule has 0 aliphatic carbocycles. The van der Waals surface area contributed by atoms with E-state index in [4.69, 9.17) is 0 Å². The number of hydrogen-bond acceptors (Lipinski definition) is 4. The highest BCUT2D eigenvalue weighted by atomic mass is 28.3. The molecular weight excluding hydrogens is 160 g/mol. The molecule has 1 saturated heterocycles. The number of nitrogens with one attached hydrogen (secondary N) is 2. The fraction of sp³-hybridized carbons (Fsp3) is 0.833. The molecule has 1 heterocycles. The van der Waals surface area contributed by atoms with Crippen LogP contribution in [-0.4, -0.2) is 39.0 Å². The molecule has 0 radical (unpaired) electrons. The Balaban J connectivity index is 2.39. The molecule has 1 rings (SSSR count). The van der Waals surface area contributed by atoms with Gasteiger partial charge in [-0.25, -0.2) is 0 Å². The summed E-state index contributed by atoms with van der Waals surface area (Å²) in [5.41, 5.74) is 0. The average Bonchev–Trinajstić information content (AvgIpc) is 2.53. The molecule has 0 aromatic rings. The molecule has 0 spiro atoms. The molecule has 1 aliphatic rings. The van der Waals surface area contributed by atoms with Crippen molar-refractivity contribution in [2.45, 2.75) is 18.9 Å². The van der Waals surface area contributed by atoms with Crippen LogP contribution >= 0.6 is 0 Å². The van der Waals surface area contributed by atoms with Crippen LogP contribution in [0.5, 0.6) is 0 Å². The number of hydrogen-bond donors (Lipinski definition) is 3. The smallest absolute Gasteiger partial charge is 0.324 e. The van der Waals surface area contributed by atoms with Crippen molar-refractivity contribution in [3.63, 3.8) is 0 Å². The second-order valence-corrected chi connectivity index (χ2v) is 4.69. The molecule has 4 nitrogen and oxygen atoms in total. The molecule has 0 amide bonds. The SMILES string of the molecule is CN[SiH](O)C(=O)[C@@H]1CCCN1. The van der Waals surface area contributed by atoms with Crippen LogP contribution in [0.25, 0.3) is 0 Å². The zero-order valence-electron chi connectivity index (χ0n) is 6.63. The molecule has 1 fully saturated rings. The molecule has 0 bridgehead atoms. The van der Waals surface area contributed by atoms with E-state index < -0.39 is 9.20 Å². The van der Waals surface area contributed by atoms with Gasteiger partial charge in [-0.15, -0.1) is 0 Å². The van der Waals surface area contributed by atoms with Crippen molar-refractivity contribution in [3.8, 4) is 0 Å². The molecule has 2 atom stereocenters. The Bertz CT molecular complexity index is 148. The summed E-state index contributed by atoms with van der Waals surface area (Å²) in [7, 11) is -0.651. The van der Waals surface area contributed by atoms with Gasteiger partial charge in [-0.05, 0) is 26.4 Å². The second-order valence-electron chi connectivity index (χ2n) is 2.74. The van der Waals surface area contributed by atoms with Crippen molar-refractivity contribution in [2.24, 2.45) is 0 Å². The van der Waals surface area contributed by atoms with E-state index in [1.165, 1.54) is 0 Å². The summed E-state index contributed by atoms with van der Waals surface area (Å²) < 4.78 is 0. The molecule has 0 aromatic carbocycles. The van der Waals surface area contributed by atoms with Gasteiger partial charge in [-0.3, -0.25) is 4.79 Å². The van der Waals surface area contributed by atoms with Crippen molar-refractivity contribution >= 4 is 14.6 Å². The quantitative estimate of drug-likeness (QED) is 0.445. The number of rotatable bonds is 3. The molecule has 1 aliphatic heterocycles. The molecule has 0 saturated carbocycles. The molecule has 5 heteroatoms. The predicted molar refractivity (Wildman–Crippen MR) is 44.5 cm³/mol. The van der Waals surface area contributed by atoms with Crippen molar-refractivity contribution in [3.05, 3.63) is 0 Å². The van der Waals surface area contributed by atoms with E-state index in [2.05, 4.69) is 10.3 Å². The van der Waals surface area contributed by atoms with E-state index in [1.807, 2.05) is 0 Å². The number of carbonyl (C=O) groups excluding carboxylic acids is 1. The van der Waals surface area contributed by atoms with Gasteiger partial charge in [0.2, 0.25) is 0 Å². The summed E-state index contributed by atoms with van der Waals surface area (Å²) >= 11 is 0. The van der Waals surface area contributed by atoms with E-state index in [1.54, 1.807) is 7.05 Å². The van der Waals surface area contributed by atoms with E-state index in [0.29, 0.717) is 0 Å². The van der Waals surface area contributed by atoms with Gasteiger partial charge in [0.25, 0.3) is 0 Å². The molecule has 1 unspecified atom stereocenters. The van der Waals surface area contributed by atoms with Crippen LogP contribution < -0.4 is 10.3 Å². The van der Waals surface area contributed by atoms with Crippen LogP contribution in [0.4, 0.5) is 0 Å². The van der Waals surface area contributed by atoms with E-state index >= 15 is 0 Å². The average molecular weight is 174 g/mol. The monoisotopic (exact) mass is 174 g/mol. The highest BCUT2D eigenvalue weighted by Gasteiger charge is 2.28. The summed E-state index contributed by atoms with van der Waals surface area (Å²) in [5, 5.41) is 3.05. The maximum absolute atomic E-state index is 11.3. The Labute approximate surface area is 67.8 Å². The van der Waals surface area contributed by atoms with Crippen LogP contribution in [0, 0.1) is 0 Å². The highest BCUT2D eigenvalue weighted by Crippen LogP contribution is 2.05. The third kappa shape index (κ3) is 2.10. The Morgan fingerprint density at radius 3 is 3.00 bits per heavy atom. The van der Waals surface area contributed by atoms with Crippen molar-refractivity contribution in [2.75, 3.05) is 13.6 Å². The van der Waals surface area contributed by atoms with Crippen LogP contribution in [-0.2, 0) is 4.79 Å². The van der Waals surface area contributed by atoms with Gasteiger partial charge in [-0.2, -0.15) is 0 Å². The maximum Gasteiger partial charge on any atom is 0.324 e. The molecule has 0 aromatic heterocycles. The first-order valence-electron chi connectivity index (χ1n) is 3.88. The lowest BCUT2D eigenvalue weighted by molar-refractivity contribution is -0.114. The second kappa shape index (κ2) is 3.96. The fourth-order valence-electron chi connectivity index (χ4n) is 1.26. The van der Waals surface area contributed by atoms with Gasteiger partial charge in [-0.1, -0.05) is 0 Å².